The average molecular weight is 217 g/mol. The minimum atomic E-state index is -0.387. The molecule has 0 atom stereocenters. The summed E-state index contributed by atoms with van der Waals surface area (Å²) in [6.07, 6.45) is 1.48. The van der Waals surface area contributed by atoms with Crippen LogP contribution in [0.25, 0.3) is 0 Å². The van der Waals surface area contributed by atoms with Gasteiger partial charge < -0.3 is 9.47 Å². The molecule has 0 radical (unpaired) electrons. The Labute approximate surface area is 95.6 Å². The summed E-state index contributed by atoms with van der Waals surface area (Å²) in [6, 6.07) is 10.3. The Morgan fingerprint density at radius 1 is 1.25 bits per heavy atom. The highest BCUT2D eigenvalue weighted by Crippen LogP contribution is 2.49. The number of benzene rings is 1. The lowest BCUT2D eigenvalue weighted by Gasteiger charge is -2.19. The summed E-state index contributed by atoms with van der Waals surface area (Å²) in [6.45, 7) is 0. The molecule has 84 valence electrons. The zero-order chi connectivity index (χ0) is 11.6. The molecular weight excluding hydrogens is 202 g/mol. The maximum absolute atomic E-state index is 9.23. The molecule has 0 unspecified atom stereocenters. The molecule has 3 heteroatoms. The van der Waals surface area contributed by atoms with Crippen LogP contribution >= 0.6 is 0 Å². The van der Waals surface area contributed by atoms with Crippen molar-refractivity contribution in [3.63, 3.8) is 0 Å². The molecule has 1 aromatic rings. The number of rotatable bonds is 4. The third-order valence-electron chi connectivity index (χ3n) is 3.12. The molecule has 1 saturated carbocycles. The molecule has 0 heterocycles. The standard InChI is InChI=1S/C13H15NO2/c1-15-12(16-2)10-5-3-4-6-11(10)13(9-14)7-8-13/h3-6,12H,7-8H2,1-2H3. The first-order valence-electron chi connectivity index (χ1n) is 5.33. The third-order valence-corrected chi connectivity index (χ3v) is 3.12. The third kappa shape index (κ3) is 1.71. The summed E-state index contributed by atoms with van der Waals surface area (Å²) in [5.74, 6) is 0. The van der Waals surface area contributed by atoms with E-state index in [1.54, 1.807) is 14.2 Å². The Balaban J connectivity index is 2.43. The molecule has 1 aliphatic rings. The Hall–Kier alpha value is -1.37. The zero-order valence-electron chi connectivity index (χ0n) is 9.56. The van der Waals surface area contributed by atoms with Crippen molar-refractivity contribution < 1.29 is 9.47 Å². The zero-order valence-corrected chi connectivity index (χ0v) is 9.56. The van der Waals surface area contributed by atoms with Gasteiger partial charge in [0.2, 0.25) is 0 Å². The summed E-state index contributed by atoms with van der Waals surface area (Å²) in [7, 11) is 3.22. The SMILES string of the molecule is COC(OC)c1ccccc1C1(C#N)CC1. The molecule has 2 rings (SSSR count). The van der Waals surface area contributed by atoms with Gasteiger partial charge in [-0.25, -0.2) is 0 Å². The van der Waals surface area contributed by atoms with E-state index in [0.29, 0.717) is 0 Å². The van der Waals surface area contributed by atoms with Crippen molar-refractivity contribution in [1.29, 1.82) is 5.26 Å². The number of nitrogens with zero attached hydrogens (tertiary/aromatic N) is 1. The van der Waals surface area contributed by atoms with Crippen LogP contribution in [-0.2, 0) is 14.9 Å². The summed E-state index contributed by atoms with van der Waals surface area (Å²) in [4.78, 5) is 0. The van der Waals surface area contributed by atoms with Gasteiger partial charge in [0.1, 0.15) is 0 Å². The second kappa shape index (κ2) is 4.25. The van der Waals surface area contributed by atoms with E-state index >= 15 is 0 Å². The van der Waals surface area contributed by atoms with E-state index < -0.39 is 0 Å². The molecule has 0 amide bonds. The summed E-state index contributed by atoms with van der Waals surface area (Å²) >= 11 is 0. The fraction of sp³-hybridized carbons (Fsp3) is 0.462. The first-order chi connectivity index (χ1) is 7.77. The Morgan fingerprint density at radius 2 is 1.88 bits per heavy atom. The van der Waals surface area contributed by atoms with Crippen molar-refractivity contribution in [2.75, 3.05) is 14.2 Å². The van der Waals surface area contributed by atoms with Crippen LogP contribution in [0.2, 0.25) is 0 Å². The lowest BCUT2D eigenvalue weighted by Crippen LogP contribution is -2.12. The minimum Gasteiger partial charge on any atom is -0.352 e. The van der Waals surface area contributed by atoms with E-state index in [-0.39, 0.29) is 11.7 Å². The molecule has 1 aromatic carbocycles. The molecule has 3 nitrogen and oxygen atoms in total. The minimum absolute atomic E-state index is 0.300. The molecular formula is C13H15NO2. The molecule has 0 N–H and O–H groups in total. The molecule has 0 saturated heterocycles. The van der Waals surface area contributed by atoms with Crippen LogP contribution in [0.5, 0.6) is 0 Å². The predicted octanol–water partition coefficient (Wildman–Crippen LogP) is 2.53. The van der Waals surface area contributed by atoms with Crippen molar-refractivity contribution in [3.05, 3.63) is 35.4 Å². The Bertz CT molecular complexity index is 414. The normalized spacial score (nSPS) is 17.1. The van der Waals surface area contributed by atoms with Crippen LogP contribution in [-0.4, -0.2) is 14.2 Å². The highest BCUT2D eigenvalue weighted by Gasteiger charge is 2.46. The van der Waals surface area contributed by atoms with Crippen molar-refractivity contribution in [1.82, 2.24) is 0 Å². The lowest BCUT2D eigenvalue weighted by molar-refractivity contribution is -0.106. The fourth-order valence-corrected chi connectivity index (χ4v) is 2.05. The maximum atomic E-state index is 9.23. The monoisotopic (exact) mass is 217 g/mol. The molecule has 0 spiro atoms. The van der Waals surface area contributed by atoms with Gasteiger partial charge in [0.25, 0.3) is 0 Å². The van der Waals surface area contributed by atoms with E-state index in [0.717, 1.165) is 24.0 Å². The van der Waals surface area contributed by atoms with Crippen molar-refractivity contribution in [2.24, 2.45) is 0 Å². The first-order valence-corrected chi connectivity index (χ1v) is 5.33. The molecule has 1 aliphatic carbocycles. The fourth-order valence-electron chi connectivity index (χ4n) is 2.05. The Morgan fingerprint density at radius 3 is 2.38 bits per heavy atom. The topological polar surface area (TPSA) is 42.2 Å². The largest absolute Gasteiger partial charge is 0.352 e. The number of hydrogen-bond donors (Lipinski definition) is 0. The second-order valence-electron chi connectivity index (χ2n) is 4.08. The van der Waals surface area contributed by atoms with Crippen LogP contribution in [0.3, 0.4) is 0 Å². The van der Waals surface area contributed by atoms with Gasteiger partial charge in [-0.05, 0) is 18.4 Å². The van der Waals surface area contributed by atoms with Crippen molar-refractivity contribution >= 4 is 0 Å². The van der Waals surface area contributed by atoms with Gasteiger partial charge in [-0.15, -0.1) is 0 Å². The maximum Gasteiger partial charge on any atom is 0.183 e. The van der Waals surface area contributed by atoms with Crippen LogP contribution < -0.4 is 0 Å². The predicted molar refractivity (Wildman–Crippen MR) is 59.7 cm³/mol. The number of nitriles is 1. The van der Waals surface area contributed by atoms with Gasteiger partial charge in [-0.1, -0.05) is 24.3 Å². The molecule has 16 heavy (non-hydrogen) atoms. The van der Waals surface area contributed by atoms with Crippen LogP contribution in [0.1, 0.15) is 30.3 Å². The molecule has 0 aliphatic heterocycles. The smallest absolute Gasteiger partial charge is 0.183 e. The number of ether oxygens (including phenoxy) is 2. The molecule has 0 bridgehead atoms. The van der Waals surface area contributed by atoms with E-state index in [9.17, 15) is 5.26 Å². The number of methoxy groups -OCH3 is 2. The molecule has 0 aromatic heterocycles. The van der Waals surface area contributed by atoms with Gasteiger partial charge in [0, 0.05) is 19.8 Å². The van der Waals surface area contributed by atoms with Gasteiger partial charge in [0.15, 0.2) is 6.29 Å². The van der Waals surface area contributed by atoms with Crippen LogP contribution in [0.4, 0.5) is 0 Å². The lowest BCUT2D eigenvalue weighted by atomic mass is 9.92. The van der Waals surface area contributed by atoms with Gasteiger partial charge in [-0.3, -0.25) is 0 Å². The van der Waals surface area contributed by atoms with E-state index in [2.05, 4.69) is 6.07 Å². The average Bonchev–Trinajstić information content (AvgIpc) is 3.12. The molecule has 1 fully saturated rings. The highest BCUT2D eigenvalue weighted by atomic mass is 16.7. The first kappa shape index (κ1) is 11.1. The van der Waals surface area contributed by atoms with Crippen molar-refractivity contribution in [2.45, 2.75) is 24.5 Å². The second-order valence-corrected chi connectivity index (χ2v) is 4.08. The highest BCUT2D eigenvalue weighted by molar-refractivity contribution is 5.44. The van der Waals surface area contributed by atoms with Crippen molar-refractivity contribution in [3.8, 4) is 6.07 Å². The summed E-state index contributed by atoms with van der Waals surface area (Å²) < 4.78 is 10.5. The number of hydrogen-bond acceptors (Lipinski definition) is 3. The van der Waals surface area contributed by atoms with E-state index in [1.165, 1.54) is 0 Å². The van der Waals surface area contributed by atoms with Gasteiger partial charge in [0.05, 0.1) is 11.5 Å². The van der Waals surface area contributed by atoms with Crippen LogP contribution in [0.15, 0.2) is 24.3 Å². The van der Waals surface area contributed by atoms with Gasteiger partial charge in [-0.2, -0.15) is 5.26 Å². The Kier molecular flexibility index (Phi) is 2.95. The van der Waals surface area contributed by atoms with E-state index in [4.69, 9.17) is 9.47 Å². The van der Waals surface area contributed by atoms with Crippen LogP contribution in [0, 0.1) is 11.3 Å². The van der Waals surface area contributed by atoms with E-state index in [1.807, 2.05) is 24.3 Å². The quantitative estimate of drug-likeness (QED) is 0.728. The van der Waals surface area contributed by atoms with Gasteiger partial charge >= 0.3 is 0 Å². The summed E-state index contributed by atoms with van der Waals surface area (Å²) in [5.41, 5.74) is 1.71. The summed E-state index contributed by atoms with van der Waals surface area (Å²) in [5, 5.41) is 9.23.